The molecule has 1 rings (SSSR count). The maximum Gasteiger partial charge on any atom is 0.144 e. The van der Waals surface area contributed by atoms with Gasteiger partial charge in [0.2, 0.25) is 0 Å². The van der Waals surface area contributed by atoms with Gasteiger partial charge in [-0.15, -0.1) is 12.6 Å². The molecule has 2 nitrogen and oxygen atoms in total. The average molecular weight is 116 g/mol. The third kappa shape index (κ3) is 1.17. The predicted molar refractivity (Wildman–Crippen MR) is 33.9 cm³/mol. The molecule has 0 amide bonds. The summed E-state index contributed by atoms with van der Waals surface area (Å²) in [5, 5.41) is 3.03. The van der Waals surface area contributed by atoms with E-state index in [0.717, 1.165) is 12.3 Å². The summed E-state index contributed by atoms with van der Waals surface area (Å²) in [7, 11) is 0. The lowest BCUT2D eigenvalue weighted by Gasteiger charge is -1.92. The first kappa shape index (κ1) is 5.12. The number of hydrogen-bond donors (Lipinski definition) is 2. The summed E-state index contributed by atoms with van der Waals surface area (Å²) < 4.78 is 0. The predicted octanol–water partition coefficient (Wildman–Crippen LogP) is 0.264. The molecule has 0 saturated heterocycles. The molecule has 0 fully saturated rings. The topological polar surface area (TPSA) is 24.4 Å². The fourth-order valence-corrected chi connectivity index (χ4v) is 0.827. The zero-order chi connectivity index (χ0) is 5.28. The Hall–Kier alpha value is -0.0200. The second-order valence-electron chi connectivity index (χ2n) is 1.62. The van der Waals surface area contributed by atoms with Crippen molar-refractivity contribution in [1.29, 1.82) is 0 Å². The summed E-state index contributed by atoms with van der Waals surface area (Å²) in [5.41, 5.74) is 1.19. The molecule has 0 aromatic rings. The Kier molecular flexibility index (Phi) is 1.35. The zero-order valence-corrected chi connectivity index (χ0v) is 5.07. The van der Waals surface area contributed by atoms with Crippen molar-refractivity contribution >= 4 is 18.3 Å². The Labute approximate surface area is 48.4 Å². The van der Waals surface area contributed by atoms with Crippen LogP contribution in [0.15, 0.2) is 4.99 Å². The van der Waals surface area contributed by atoms with Crippen molar-refractivity contribution in [3.63, 3.8) is 0 Å². The molecule has 1 atom stereocenters. The molecule has 0 saturated carbocycles. The van der Waals surface area contributed by atoms with E-state index in [0.29, 0.717) is 0 Å². The third-order valence-electron chi connectivity index (χ3n) is 0.883. The highest BCUT2D eigenvalue weighted by atomic mass is 32.1. The minimum Gasteiger partial charge on any atom is -0.282 e. The molecule has 3 heteroatoms. The Morgan fingerprint density at radius 3 is 2.86 bits per heavy atom. The lowest BCUT2D eigenvalue weighted by molar-refractivity contribution is 0.800. The molecule has 1 aliphatic rings. The molecule has 0 radical (unpaired) electrons. The van der Waals surface area contributed by atoms with Crippen molar-refractivity contribution in [1.82, 2.24) is 5.32 Å². The van der Waals surface area contributed by atoms with Crippen LogP contribution >= 0.6 is 12.6 Å². The van der Waals surface area contributed by atoms with Crippen molar-refractivity contribution in [3.05, 3.63) is 0 Å². The Morgan fingerprint density at radius 2 is 2.71 bits per heavy atom. The van der Waals surface area contributed by atoms with Gasteiger partial charge in [0.25, 0.3) is 0 Å². The van der Waals surface area contributed by atoms with Gasteiger partial charge in [0.1, 0.15) is 5.50 Å². The van der Waals surface area contributed by atoms with Gasteiger partial charge in [0.05, 0.1) is 0 Å². The van der Waals surface area contributed by atoms with Gasteiger partial charge in [-0.05, 0) is 6.92 Å². The van der Waals surface area contributed by atoms with Gasteiger partial charge < -0.3 is 0 Å². The average Bonchev–Trinajstić information content (AvgIpc) is 1.87. The minimum absolute atomic E-state index is 0.0556. The second-order valence-corrected chi connectivity index (χ2v) is 2.11. The molecule has 1 aliphatic heterocycles. The molecule has 0 spiro atoms. The van der Waals surface area contributed by atoms with E-state index in [1.54, 1.807) is 0 Å². The fraction of sp³-hybridized carbons (Fsp3) is 0.750. The smallest absolute Gasteiger partial charge is 0.144 e. The monoisotopic (exact) mass is 116 g/mol. The maximum absolute atomic E-state index is 4.06. The first-order valence-corrected chi connectivity index (χ1v) is 2.75. The van der Waals surface area contributed by atoms with Crippen LogP contribution in [0, 0.1) is 0 Å². The minimum atomic E-state index is 0.0556. The van der Waals surface area contributed by atoms with Gasteiger partial charge in [-0.1, -0.05) is 0 Å². The second kappa shape index (κ2) is 1.84. The van der Waals surface area contributed by atoms with Crippen LogP contribution in [0.1, 0.15) is 6.92 Å². The standard InChI is InChI=1S/C4H8N2S/c1-3-2-5-4(7)6-3/h4-5,7H,2H2,1H3. The van der Waals surface area contributed by atoms with Crippen LogP contribution in [0.2, 0.25) is 0 Å². The van der Waals surface area contributed by atoms with Gasteiger partial charge in [0, 0.05) is 12.3 Å². The van der Waals surface area contributed by atoms with E-state index in [9.17, 15) is 0 Å². The highest BCUT2D eigenvalue weighted by Crippen LogP contribution is 1.98. The van der Waals surface area contributed by atoms with Crippen LogP contribution in [0.5, 0.6) is 0 Å². The summed E-state index contributed by atoms with van der Waals surface area (Å²) in [6.45, 7) is 2.89. The van der Waals surface area contributed by atoms with Crippen LogP contribution in [0.4, 0.5) is 0 Å². The molecule has 1 unspecified atom stereocenters. The molecular formula is C4H8N2S. The molecule has 0 aromatic heterocycles. The largest absolute Gasteiger partial charge is 0.282 e. The molecule has 1 N–H and O–H groups in total. The van der Waals surface area contributed by atoms with Gasteiger partial charge >= 0.3 is 0 Å². The molecule has 0 bridgehead atoms. The van der Waals surface area contributed by atoms with Crippen LogP contribution in [0.25, 0.3) is 0 Å². The van der Waals surface area contributed by atoms with Crippen molar-refractivity contribution in [2.75, 3.05) is 6.54 Å². The fourth-order valence-electron chi connectivity index (χ4n) is 0.539. The third-order valence-corrected chi connectivity index (χ3v) is 1.18. The number of nitrogens with one attached hydrogen (secondary N) is 1. The summed E-state index contributed by atoms with van der Waals surface area (Å²) >= 11 is 4.05. The van der Waals surface area contributed by atoms with Crippen molar-refractivity contribution in [3.8, 4) is 0 Å². The Bertz CT molecular complexity index is 99.9. The normalized spacial score (nSPS) is 30.6. The Morgan fingerprint density at radius 1 is 2.00 bits per heavy atom. The lowest BCUT2D eigenvalue weighted by atomic mass is 10.4. The van der Waals surface area contributed by atoms with E-state index in [1.165, 1.54) is 0 Å². The number of nitrogens with zero attached hydrogens (tertiary/aromatic N) is 1. The van der Waals surface area contributed by atoms with Gasteiger partial charge in [0.15, 0.2) is 0 Å². The number of aliphatic imine (C=N–C) groups is 1. The quantitative estimate of drug-likeness (QED) is 0.436. The number of hydrogen-bond acceptors (Lipinski definition) is 3. The van der Waals surface area contributed by atoms with Gasteiger partial charge in [-0.25, -0.2) is 0 Å². The Balaban J connectivity index is 2.50. The summed E-state index contributed by atoms with van der Waals surface area (Å²) in [6.07, 6.45) is 0. The van der Waals surface area contributed by atoms with E-state index >= 15 is 0 Å². The molecule has 1 heterocycles. The van der Waals surface area contributed by atoms with E-state index in [-0.39, 0.29) is 5.50 Å². The van der Waals surface area contributed by atoms with Crippen LogP contribution in [0.3, 0.4) is 0 Å². The van der Waals surface area contributed by atoms with Crippen LogP contribution in [-0.2, 0) is 0 Å². The van der Waals surface area contributed by atoms with Crippen molar-refractivity contribution in [2.24, 2.45) is 4.99 Å². The summed E-state index contributed by atoms with van der Waals surface area (Å²) in [4.78, 5) is 4.06. The first-order valence-electron chi connectivity index (χ1n) is 2.24. The van der Waals surface area contributed by atoms with E-state index < -0.39 is 0 Å². The van der Waals surface area contributed by atoms with Gasteiger partial charge in [-0.2, -0.15) is 0 Å². The summed E-state index contributed by atoms with van der Waals surface area (Å²) in [5.74, 6) is 0. The maximum atomic E-state index is 4.06. The van der Waals surface area contributed by atoms with E-state index in [1.807, 2.05) is 6.92 Å². The first-order chi connectivity index (χ1) is 3.29. The SMILES string of the molecule is CC1=NC(S)NC1. The molecular weight excluding hydrogens is 108 g/mol. The van der Waals surface area contributed by atoms with Crippen LogP contribution in [-0.4, -0.2) is 17.8 Å². The van der Waals surface area contributed by atoms with Gasteiger partial charge in [-0.3, -0.25) is 10.3 Å². The highest BCUT2D eigenvalue weighted by Gasteiger charge is 2.05. The molecule has 0 aliphatic carbocycles. The zero-order valence-electron chi connectivity index (χ0n) is 4.18. The van der Waals surface area contributed by atoms with E-state index in [2.05, 4.69) is 22.9 Å². The van der Waals surface area contributed by atoms with Crippen LogP contribution < -0.4 is 5.32 Å². The molecule has 40 valence electrons. The van der Waals surface area contributed by atoms with Crippen molar-refractivity contribution in [2.45, 2.75) is 12.4 Å². The van der Waals surface area contributed by atoms with Crippen molar-refractivity contribution < 1.29 is 0 Å². The summed E-state index contributed by atoms with van der Waals surface area (Å²) in [6, 6.07) is 0. The van der Waals surface area contributed by atoms with E-state index in [4.69, 9.17) is 0 Å². The number of rotatable bonds is 0. The highest BCUT2D eigenvalue weighted by molar-refractivity contribution is 7.80. The number of thiol groups is 1. The molecule has 0 aromatic carbocycles. The lowest BCUT2D eigenvalue weighted by Crippen LogP contribution is -2.16. The molecule has 7 heavy (non-hydrogen) atoms.